The lowest BCUT2D eigenvalue weighted by molar-refractivity contribution is 0.0650. The third-order valence-electron chi connectivity index (χ3n) is 5.39. The highest BCUT2D eigenvalue weighted by Gasteiger charge is 2.34. The third kappa shape index (κ3) is 3.56. The van der Waals surface area contributed by atoms with Crippen LogP contribution < -0.4 is 0 Å². The number of carbonyl (C=O) groups excluding carboxylic acids is 2. The lowest BCUT2D eigenvalue weighted by Gasteiger charge is -2.18. The van der Waals surface area contributed by atoms with Crippen LogP contribution >= 0.6 is 0 Å². The summed E-state index contributed by atoms with van der Waals surface area (Å²) in [5, 5.41) is 0. The molecule has 1 aliphatic heterocycles. The standard InChI is InChI=1S/C24H19F2NO2/c1-15(12-13-27-23(28)20-4-2-3-5-21(20)24(27)29)16-6-8-17(9-7-16)19-11-10-18(25)14-22(19)26/h2-11,14-15H,12-13H2,1H3. The highest BCUT2D eigenvalue weighted by molar-refractivity contribution is 6.21. The van der Waals surface area contributed by atoms with Crippen LogP contribution in [-0.4, -0.2) is 23.3 Å². The molecule has 0 saturated carbocycles. The van der Waals surface area contributed by atoms with Crippen LogP contribution in [0.15, 0.2) is 66.7 Å². The van der Waals surface area contributed by atoms with E-state index in [4.69, 9.17) is 0 Å². The molecule has 0 bridgehead atoms. The van der Waals surface area contributed by atoms with Gasteiger partial charge in [-0.05, 0) is 47.7 Å². The van der Waals surface area contributed by atoms with Gasteiger partial charge in [0.25, 0.3) is 11.8 Å². The number of benzene rings is 3. The number of amides is 2. The van der Waals surface area contributed by atoms with Crippen molar-refractivity contribution < 1.29 is 18.4 Å². The number of nitrogens with zero attached hydrogens (tertiary/aromatic N) is 1. The zero-order chi connectivity index (χ0) is 20.5. The quantitative estimate of drug-likeness (QED) is 0.545. The molecule has 3 aromatic rings. The van der Waals surface area contributed by atoms with Gasteiger partial charge in [0.1, 0.15) is 11.6 Å². The van der Waals surface area contributed by atoms with E-state index in [0.717, 1.165) is 11.6 Å². The first kappa shape index (κ1) is 19.0. The maximum absolute atomic E-state index is 14.0. The zero-order valence-corrected chi connectivity index (χ0v) is 15.9. The molecule has 1 heterocycles. The molecule has 3 aromatic carbocycles. The van der Waals surface area contributed by atoms with Crippen LogP contribution in [0.5, 0.6) is 0 Å². The predicted molar refractivity (Wildman–Crippen MR) is 107 cm³/mol. The number of rotatable bonds is 5. The fourth-order valence-electron chi connectivity index (χ4n) is 3.65. The number of hydrogen-bond acceptors (Lipinski definition) is 2. The van der Waals surface area contributed by atoms with E-state index in [9.17, 15) is 18.4 Å². The van der Waals surface area contributed by atoms with Crippen LogP contribution in [-0.2, 0) is 0 Å². The van der Waals surface area contributed by atoms with Crippen molar-refractivity contribution in [2.24, 2.45) is 0 Å². The second-order valence-electron chi connectivity index (χ2n) is 7.24. The number of hydrogen-bond donors (Lipinski definition) is 0. The molecule has 29 heavy (non-hydrogen) atoms. The molecule has 146 valence electrons. The summed E-state index contributed by atoms with van der Waals surface area (Å²) in [5.41, 5.74) is 2.94. The zero-order valence-electron chi connectivity index (χ0n) is 15.9. The van der Waals surface area contributed by atoms with E-state index in [2.05, 4.69) is 0 Å². The van der Waals surface area contributed by atoms with E-state index in [1.807, 2.05) is 19.1 Å². The van der Waals surface area contributed by atoms with Crippen molar-refractivity contribution in [3.63, 3.8) is 0 Å². The first-order chi connectivity index (χ1) is 14.0. The summed E-state index contributed by atoms with van der Waals surface area (Å²) in [6, 6.07) is 17.8. The van der Waals surface area contributed by atoms with Crippen LogP contribution in [0.1, 0.15) is 45.5 Å². The Balaban J connectivity index is 1.44. The van der Waals surface area contributed by atoms with E-state index in [0.29, 0.717) is 35.2 Å². The fourth-order valence-corrected chi connectivity index (χ4v) is 3.65. The molecule has 0 fully saturated rings. The normalized spacial score (nSPS) is 14.2. The van der Waals surface area contributed by atoms with E-state index >= 15 is 0 Å². The Morgan fingerprint density at radius 2 is 1.45 bits per heavy atom. The van der Waals surface area contributed by atoms with Gasteiger partial charge in [-0.3, -0.25) is 14.5 Å². The smallest absolute Gasteiger partial charge is 0.261 e. The SMILES string of the molecule is CC(CCN1C(=O)c2ccccc2C1=O)c1ccc(-c2ccc(F)cc2F)cc1. The summed E-state index contributed by atoms with van der Waals surface area (Å²) in [5.74, 6) is -1.60. The van der Waals surface area contributed by atoms with Crippen LogP contribution in [0.2, 0.25) is 0 Å². The van der Waals surface area contributed by atoms with Gasteiger partial charge < -0.3 is 0 Å². The van der Waals surface area contributed by atoms with Gasteiger partial charge in [0.2, 0.25) is 0 Å². The van der Waals surface area contributed by atoms with Crippen molar-refractivity contribution in [3.05, 3.63) is 95.1 Å². The van der Waals surface area contributed by atoms with Gasteiger partial charge in [0.05, 0.1) is 11.1 Å². The van der Waals surface area contributed by atoms with Crippen LogP contribution in [0.3, 0.4) is 0 Å². The van der Waals surface area contributed by atoms with Crippen molar-refractivity contribution in [1.82, 2.24) is 4.90 Å². The maximum atomic E-state index is 14.0. The highest BCUT2D eigenvalue weighted by Crippen LogP contribution is 2.28. The van der Waals surface area contributed by atoms with Gasteiger partial charge in [-0.1, -0.05) is 43.3 Å². The summed E-state index contributed by atoms with van der Waals surface area (Å²) < 4.78 is 27.1. The van der Waals surface area contributed by atoms with E-state index in [-0.39, 0.29) is 17.7 Å². The predicted octanol–water partition coefficient (Wildman–Crippen LogP) is 5.42. The number of fused-ring (bicyclic) bond motifs is 1. The number of carbonyl (C=O) groups is 2. The van der Waals surface area contributed by atoms with Crippen LogP contribution in [0.4, 0.5) is 8.78 Å². The van der Waals surface area contributed by atoms with Gasteiger partial charge in [-0.2, -0.15) is 0 Å². The molecule has 0 spiro atoms. The summed E-state index contributed by atoms with van der Waals surface area (Å²) in [7, 11) is 0. The molecule has 1 aliphatic rings. The topological polar surface area (TPSA) is 37.4 Å². The number of halogens is 2. The molecule has 2 amide bonds. The molecule has 3 nitrogen and oxygen atoms in total. The largest absolute Gasteiger partial charge is 0.274 e. The van der Waals surface area contributed by atoms with Crippen molar-refractivity contribution in [2.75, 3.05) is 6.54 Å². The Labute approximate surface area is 167 Å². The Morgan fingerprint density at radius 1 is 0.828 bits per heavy atom. The Hall–Kier alpha value is -3.34. The van der Waals surface area contributed by atoms with E-state index in [1.54, 1.807) is 36.4 Å². The Kier molecular flexibility index (Phi) is 4.97. The molecule has 5 heteroatoms. The molecule has 0 radical (unpaired) electrons. The van der Waals surface area contributed by atoms with Gasteiger partial charge in [-0.25, -0.2) is 8.78 Å². The maximum Gasteiger partial charge on any atom is 0.261 e. The average Bonchev–Trinajstić information content (AvgIpc) is 2.97. The van der Waals surface area contributed by atoms with Crippen molar-refractivity contribution >= 4 is 11.8 Å². The minimum atomic E-state index is -0.607. The lowest BCUT2D eigenvalue weighted by Crippen LogP contribution is -2.31. The second kappa shape index (κ2) is 7.59. The van der Waals surface area contributed by atoms with Gasteiger partial charge >= 0.3 is 0 Å². The fraction of sp³-hybridized carbons (Fsp3) is 0.167. The number of imide groups is 1. The van der Waals surface area contributed by atoms with Crippen LogP contribution in [0, 0.1) is 11.6 Å². The molecule has 1 unspecified atom stereocenters. The minimum Gasteiger partial charge on any atom is -0.274 e. The Morgan fingerprint density at radius 3 is 2.03 bits per heavy atom. The second-order valence-corrected chi connectivity index (χ2v) is 7.24. The summed E-state index contributed by atoms with van der Waals surface area (Å²) in [6.45, 7) is 2.35. The van der Waals surface area contributed by atoms with E-state index < -0.39 is 11.6 Å². The highest BCUT2D eigenvalue weighted by atomic mass is 19.1. The van der Waals surface area contributed by atoms with Crippen molar-refractivity contribution in [1.29, 1.82) is 0 Å². The molecular weight excluding hydrogens is 372 g/mol. The van der Waals surface area contributed by atoms with Gasteiger partial charge in [0, 0.05) is 18.2 Å². The molecular formula is C24H19F2NO2. The molecule has 0 saturated heterocycles. The molecule has 0 N–H and O–H groups in total. The molecule has 4 rings (SSSR count). The lowest BCUT2D eigenvalue weighted by atomic mass is 9.95. The monoisotopic (exact) mass is 391 g/mol. The summed E-state index contributed by atoms with van der Waals surface area (Å²) in [4.78, 5) is 26.2. The van der Waals surface area contributed by atoms with Gasteiger partial charge in [-0.15, -0.1) is 0 Å². The molecule has 0 aromatic heterocycles. The molecule has 1 atom stereocenters. The van der Waals surface area contributed by atoms with Gasteiger partial charge in [0.15, 0.2) is 0 Å². The Bertz CT molecular complexity index is 1060. The first-order valence-electron chi connectivity index (χ1n) is 9.46. The third-order valence-corrected chi connectivity index (χ3v) is 5.39. The van der Waals surface area contributed by atoms with Crippen molar-refractivity contribution in [2.45, 2.75) is 19.3 Å². The molecule has 0 aliphatic carbocycles. The summed E-state index contributed by atoms with van der Waals surface area (Å²) in [6.07, 6.45) is 0.621. The minimum absolute atomic E-state index is 0.103. The average molecular weight is 391 g/mol. The summed E-state index contributed by atoms with van der Waals surface area (Å²) >= 11 is 0. The van der Waals surface area contributed by atoms with Crippen molar-refractivity contribution in [3.8, 4) is 11.1 Å². The first-order valence-corrected chi connectivity index (χ1v) is 9.46. The van der Waals surface area contributed by atoms with E-state index in [1.165, 1.54) is 17.0 Å². The van der Waals surface area contributed by atoms with Crippen LogP contribution in [0.25, 0.3) is 11.1 Å².